The molecule has 0 saturated heterocycles. The summed E-state index contributed by atoms with van der Waals surface area (Å²) >= 11 is 5.95. The second kappa shape index (κ2) is 6.64. The summed E-state index contributed by atoms with van der Waals surface area (Å²) in [6.45, 7) is 0. The van der Waals surface area contributed by atoms with Crippen LogP contribution in [0.4, 0.5) is 5.69 Å². The van der Waals surface area contributed by atoms with Crippen molar-refractivity contribution in [2.24, 2.45) is 5.73 Å². The number of nitrogens with two attached hydrogens (primary N) is 1. The first-order valence-electron chi connectivity index (χ1n) is 6.23. The van der Waals surface area contributed by atoms with E-state index in [1.54, 1.807) is 36.4 Å². The first kappa shape index (κ1) is 16.1. The Morgan fingerprint density at radius 3 is 2.41 bits per heavy atom. The van der Waals surface area contributed by atoms with Crippen LogP contribution in [-0.4, -0.2) is 14.3 Å². The summed E-state index contributed by atoms with van der Waals surface area (Å²) in [5, 5.41) is 1.41. The van der Waals surface area contributed by atoms with Crippen molar-refractivity contribution in [3.8, 4) is 0 Å². The molecule has 7 heteroatoms. The molecule has 0 aliphatic carbocycles. The van der Waals surface area contributed by atoms with Gasteiger partial charge >= 0.3 is 0 Å². The molecule has 1 amide bonds. The summed E-state index contributed by atoms with van der Waals surface area (Å²) < 4.78 is 26.4. The molecule has 0 aliphatic heterocycles. The molecule has 0 radical (unpaired) electrons. The molecule has 5 nitrogen and oxygen atoms in total. The van der Waals surface area contributed by atoms with Crippen LogP contribution >= 0.6 is 11.6 Å². The SMILES string of the molecule is NC(=O)c1ccccc1NS(=O)(=O)C=Cc1ccccc1Cl. The van der Waals surface area contributed by atoms with Crippen molar-refractivity contribution >= 4 is 39.3 Å². The zero-order valence-corrected chi connectivity index (χ0v) is 12.9. The number of sulfonamides is 1. The van der Waals surface area contributed by atoms with Gasteiger partial charge in [0.25, 0.3) is 15.9 Å². The van der Waals surface area contributed by atoms with Gasteiger partial charge in [0.2, 0.25) is 0 Å². The summed E-state index contributed by atoms with van der Waals surface area (Å²) in [6.07, 6.45) is 1.37. The maximum absolute atomic E-state index is 12.1. The Labute approximate surface area is 133 Å². The van der Waals surface area contributed by atoms with E-state index in [1.807, 2.05) is 0 Å². The average Bonchev–Trinajstić information content (AvgIpc) is 2.46. The average molecular weight is 337 g/mol. The number of carbonyl (C=O) groups excluding carboxylic acids is 1. The number of benzene rings is 2. The van der Waals surface area contributed by atoms with Crippen LogP contribution in [-0.2, 0) is 10.0 Å². The molecule has 0 heterocycles. The lowest BCUT2D eigenvalue weighted by molar-refractivity contribution is 0.100. The largest absolute Gasteiger partial charge is 0.366 e. The third-order valence-corrected chi connectivity index (χ3v) is 4.12. The number of carbonyl (C=O) groups is 1. The maximum atomic E-state index is 12.1. The smallest absolute Gasteiger partial charge is 0.255 e. The molecule has 0 spiro atoms. The van der Waals surface area contributed by atoms with Gasteiger partial charge in [-0.05, 0) is 29.8 Å². The summed E-state index contributed by atoms with van der Waals surface area (Å²) in [5.41, 5.74) is 5.99. The van der Waals surface area contributed by atoms with Gasteiger partial charge in [-0.15, -0.1) is 0 Å². The van der Waals surface area contributed by atoms with Crippen molar-refractivity contribution in [1.29, 1.82) is 0 Å². The second-order valence-corrected chi connectivity index (χ2v) is 6.35. The maximum Gasteiger partial charge on any atom is 0.255 e. The molecule has 3 N–H and O–H groups in total. The van der Waals surface area contributed by atoms with E-state index >= 15 is 0 Å². The minimum atomic E-state index is -3.80. The Balaban J connectivity index is 2.26. The third kappa shape index (κ3) is 4.09. The first-order valence-corrected chi connectivity index (χ1v) is 8.16. The number of amides is 1. The molecule has 0 atom stereocenters. The van der Waals surface area contributed by atoms with E-state index in [0.29, 0.717) is 10.6 Å². The minimum Gasteiger partial charge on any atom is -0.366 e. The minimum absolute atomic E-state index is 0.0946. The normalized spacial score (nSPS) is 11.5. The number of primary amides is 1. The highest BCUT2D eigenvalue weighted by Crippen LogP contribution is 2.19. The molecule has 2 rings (SSSR count). The molecule has 2 aromatic carbocycles. The van der Waals surface area contributed by atoms with E-state index in [-0.39, 0.29) is 11.3 Å². The molecule has 0 aromatic heterocycles. The molecule has 0 unspecified atom stereocenters. The lowest BCUT2D eigenvalue weighted by Gasteiger charge is -2.08. The van der Waals surface area contributed by atoms with E-state index in [2.05, 4.69) is 4.72 Å². The Kier molecular flexibility index (Phi) is 4.85. The van der Waals surface area contributed by atoms with Gasteiger partial charge in [-0.2, -0.15) is 0 Å². The fourth-order valence-corrected chi connectivity index (χ4v) is 2.82. The summed E-state index contributed by atoms with van der Waals surface area (Å²) in [4.78, 5) is 11.3. The Morgan fingerprint density at radius 1 is 1.09 bits per heavy atom. The number of hydrogen-bond acceptors (Lipinski definition) is 3. The van der Waals surface area contributed by atoms with Gasteiger partial charge < -0.3 is 5.73 Å². The van der Waals surface area contributed by atoms with Crippen molar-refractivity contribution in [1.82, 2.24) is 0 Å². The van der Waals surface area contributed by atoms with Crippen molar-refractivity contribution in [3.63, 3.8) is 0 Å². The quantitative estimate of drug-likeness (QED) is 0.879. The number of nitrogens with one attached hydrogen (secondary N) is 1. The van der Waals surface area contributed by atoms with Crippen LogP contribution in [0.15, 0.2) is 53.9 Å². The van der Waals surface area contributed by atoms with Gasteiger partial charge in [-0.3, -0.25) is 9.52 Å². The van der Waals surface area contributed by atoms with E-state index < -0.39 is 15.9 Å². The summed E-state index contributed by atoms with van der Waals surface area (Å²) in [5.74, 6) is -0.714. The summed E-state index contributed by atoms with van der Waals surface area (Å²) in [7, 11) is -3.80. The van der Waals surface area contributed by atoms with E-state index in [0.717, 1.165) is 5.41 Å². The van der Waals surface area contributed by atoms with E-state index in [9.17, 15) is 13.2 Å². The monoisotopic (exact) mass is 336 g/mol. The van der Waals surface area contributed by atoms with Crippen LogP contribution in [0.5, 0.6) is 0 Å². The Bertz CT molecular complexity index is 832. The molecule has 0 aliphatic rings. The lowest BCUT2D eigenvalue weighted by atomic mass is 10.2. The Hall–Kier alpha value is -2.31. The third-order valence-electron chi connectivity index (χ3n) is 2.78. The molecule has 0 fully saturated rings. The first-order chi connectivity index (χ1) is 10.4. The number of halogens is 1. The topological polar surface area (TPSA) is 89.3 Å². The van der Waals surface area contributed by atoms with Gasteiger partial charge in [0.1, 0.15) is 0 Å². The standard InChI is InChI=1S/C15H13ClN2O3S/c16-13-7-3-1-5-11(13)9-10-22(20,21)18-14-8-4-2-6-12(14)15(17)19/h1-10,18H,(H2,17,19). The highest BCUT2D eigenvalue weighted by Gasteiger charge is 2.12. The highest BCUT2D eigenvalue weighted by molar-refractivity contribution is 7.95. The molecule has 0 bridgehead atoms. The van der Waals surface area contributed by atoms with E-state index in [4.69, 9.17) is 17.3 Å². The number of hydrogen-bond donors (Lipinski definition) is 2. The number of anilines is 1. The van der Waals surface area contributed by atoms with Crippen LogP contribution in [0, 0.1) is 0 Å². The van der Waals surface area contributed by atoms with Gasteiger partial charge in [0.05, 0.1) is 16.7 Å². The number of rotatable bonds is 5. The molecule has 114 valence electrons. The lowest BCUT2D eigenvalue weighted by Crippen LogP contribution is -2.16. The van der Waals surface area contributed by atoms with Crippen LogP contribution in [0.3, 0.4) is 0 Å². The predicted octanol–water partition coefficient (Wildman–Crippen LogP) is 2.85. The second-order valence-electron chi connectivity index (χ2n) is 4.38. The fourth-order valence-electron chi connectivity index (χ4n) is 1.75. The van der Waals surface area contributed by atoms with Crippen LogP contribution in [0.1, 0.15) is 15.9 Å². The van der Waals surface area contributed by atoms with Gasteiger partial charge in [0.15, 0.2) is 0 Å². The van der Waals surface area contributed by atoms with Crippen molar-refractivity contribution in [2.75, 3.05) is 4.72 Å². The van der Waals surface area contributed by atoms with E-state index in [1.165, 1.54) is 18.2 Å². The van der Waals surface area contributed by atoms with Crippen molar-refractivity contribution in [2.45, 2.75) is 0 Å². The number of para-hydroxylation sites is 1. The van der Waals surface area contributed by atoms with Crippen LogP contribution in [0.2, 0.25) is 5.02 Å². The van der Waals surface area contributed by atoms with Crippen molar-refractivity contribution in [3.05, 3.63) is 70.1 Å². The zero-order valence-electron chi connectivity index (χ0n) is 11.4. The molecule has 22 heavy (non-hydrogen) atoms. The van der Waals surface area contributed by atoms with Gasteiger partial charge in [-0.25, -0.2) is 8.42 Å². The van der Waals surface area contributed by atoms with Gasteiger partial charge in [-0.1, -0.05) is 41.9 Å². The Morgan fingerprint density at radius 2 is 1.73 bits per heavy atom. The molecule has 0 saturated carbocycles. The molecular weight excluding hydrogens is 324 g/mol. The predicted molar refractivity (Wildman–Crippen MR) is 88.0 cm³/mol. The summed E-state index contributed by atoms with van der Waals surface area (Å²) in [6, 6.07) is 12.9. The van der Waals surface area contributed by atoms with Crippen molar-refractivity contribution < 1.29 is 13.2 Å². The fraction of sp³-hybridized carbons (Fsp3) is 0. The highest BCUT2D eigenvalue weighted by atomic mass is 35.5. The zero-order chi connectivity index (χ0) is 16.2. The van der Waals surface area contributed by atoms with Gasteiger partial charge in [0, 0.05) is 5.02 Å². The molecular formula is C15H13ClN2O3S. The van der Waals surface area contributed by atoms with Crippen LogP contribution < -0.4 is 10.5 Å². The van der Waals surface area contributed by atoms with Crippen LogP contribution in [0.25, 0.3) is 6.08 Å². The molecule has 2 aromatic rings.